The Morgan fingerprint density at radius 1 is 1.08 bits per heavy atom. The SMILES string of the molecule is CC[C@@H](c1nnnn1C1CCCC1)N(Cc1ccccc1OC)Cc1cc2c(C)ccc(C)c2[nH]c1=O. The van der Waals surface area contributed by atoms with E-state index < -0.39 is 0 Å². The summed E-state index contributed by atoms with van der Waals surface area (Å²) in [6.07, 6.45) is 5.42. The predicted molar refractivity (Wildman–Crippen MR) is 145 cm³/mol. The molecule has 8 nitrogen and oxygen atoms in total. The van der Waals surface area contributed by atoms with Crippen molar-refractivity contribution in [1.82, 2.24) is 30.1 Å². The number of methoxy groups -OCH3 is 1. The van der Waals surface area contributed by atoms with Crippen molar-refractivity contribution in [3.05, 3.63) is 80.9 Å². The fraction of sp³-hybridized carbons (Fsp3) is 0.448. The van der Waals surface area contributed by atoms with Gasteiger partial charge in [0.15, 0.2) is 5.82 Å². The molecule has 1 atom stereocenters. The van der Waals surface area contributed by atoms with E-state index in [-0.39, 0.29) is 11.6 Å². The third kappa shape index (κ3) is 5.03. The molecule has 1 fully saturated rings. The molecule has 0 amide bonds. The van der Waals surface area contributed by atoms with Crippen molar-refractivity contribution in [3.63, 3.8) is 0 Å². The first-order valence-electron chi connectivity index (χ1n) is 13.3. The van der Waals surface area contributed by atoms with Crippen LogP contribution in [0.1, 0.15) is 79.2 Å². The van der Waals surface area contributed by atoms with E-state index in [1.807, 2.05) is 29.8 Å². The van der Waals surface area contributed by atoms with Gasteiger partial charge in [-0.3, -0.25) is 9.69 Å². The molecule has 0 bridgehead atoms. The number of tetrazole rings is 1. The lowest BCUT2D eigenvalue weighted by Crippen LogP contribution is -2.33. The molecule has 0 unspecified atom stereocenters. The zero-order chi connectivity index (χ0) is 25.9. The Hall–Kier alpha value is -3.52. The van der Waals surface area contributed by atoms with Gasteiger partial charge in [0, 0.05) is 29.6 Å². The van der Waals surface area contributed by atoms with Crippen LogP contribution in [0.2, 0.25) is 0 Å². The van der Waals surface area contributed by atoms with Crippen molar-refractivity contribution >= 4 is 10.9 Å². The largest absolute Gasteiger partial charge is 0.496 e. The van der Waals surface area contributed by atoms with Crippen LogP contribution in [0.25, 0.3) is 10.9 Å². The maximum absolute atomic E-state index is 13.3. The van der Waals surface area contributed by atoms with E-state index in [1.54, 1.807) is 7.11 Å². The van der Waals surface area contributed by atoms with Gasteiger partial charge in [-0.15, -0.1) is 5.10 Å². The van der Waals surface area contributed by atoms with Crippen molar-refractivity contribution in [3.8, 4) is 5.75 Å². The number of H-pyrrole nitrogens is 1. The molecule has 37 heavy (non-hydrogen) atoms. The number of aromatic nitrogens is 5. The summed E-state index contributed by atoms with van der Waals surface area (Å²) < 4.78 is 7.71. The van der Waals surface area contributed by atoms with Crippen molar-refractivity contribution in [2.45, 2.75) is 78.0 Å². The van der Waals surface area contributed by atoms with E-state index in [9.17, 15) is 4.79 Å². The molecule has 1 saturated carbocycles. The fourth-order valence-corrected chi connectivity index (χ4v) is 5.72. The predicted octanol–water partition coefficient (Wildman–Crippen LogP) is 5.41. The van der Waals surface area contributed by atoms with Gasteiger partial charge in [0.1, 0.15) is 5.75 Å². The Morgan fingerprint density at radius 2 is 1.81 bits per heavy atom. The number of benzene rings is 2. The topological polar surface area (TPSA) is 88.9 Å². The molecule has 1 N–H and O–H groups in total. The molecule has 0 radical (unpaired) electrons. The second-order valence-electron chi connectivity index (χ2n) is 10.2. The number of hydrogen-bond acceptors (Lipinski definition) is 6. The zero-order valence-corrected chi connectivity index (χ0v) is 22.2. The summed E-state index contributed by atoms with van der Waals surface area (Å²) in [7, 11) is 1.69. The second kappa shape index (κ2) is 10.8. The molecule has 5 rings (SSSR count). The normalized spacial score (nSPS) is 15.1. The molecule has 1 aliphatic rings. The average Bonchev–Trinajstić information content (AvgIpc) is 3.60. The molecule has 2 aromatic heterocycles. The Bertz CT molecular complexity index is 1440. The van der Waals surface area contributed by atoms with Crippen LogP contribution in [-0.4, -0.2) is 37.2 Å². The third-order valence-corrected chi connectivity index (χ3v) is 7.77. The number of pyridine rings is 1. The second-order valence-corrected chi connectivity index (χ2v) is 10.2. The monoisotopic (exact) mass is 500 g/mol. The highest BCUT2D eigenvalue weighted by molar-refractivity contribution is 5.85. The van der Waals surface area contributed by atoms with Crippen LogP contribution in [0, 0.1) is 13.8 Å². The number of fused-ring (bicyclic) bond motifs is 1. The van der Waals surface area contributed by atoms with Gasteiger partial charge < -0.3 is 9.72 Å². The summed E-state index contributed by atoms with van der Waals surface area (Å²) in [6, 6.07) is 14.5. The van der Waals surface area contributed by atoms with E-state index in [0.29, 0.717) is 19.1 Å². The van der Waals surface area contributed by atoms with E-state index in [1.165, 1.54) is 12.8 Å². The molecule has 2 heterocycles. The minimum atomic E-state index is -0.0609. The zero-order valence-electron chi connectivity index (χ0n) is 22.2. The minimum Gasteiger partial charge on any atom is -0.496 e. The summed E-state index contributed by atoms with van der Waals surface area (Å²) in [5.41, 5.74) is 4.85. The van der Waals surface area contributed by atoms with Gasteiger partial charge >= 0.3 is 0 Å². The first-order valence-corrected chi connectivity index (χ1v) is 13.3. The van der Waals surface area contributed by atoms with Crippen molar-refractivity contribution in [2.75, 3.05) is 7.11 Å². The van der Waals surface area contributed by atoms with Crippen molar-refractivity contribution < 1.29 is 4.74 Å². The van der Waals surface area contributed by atoms with Gasteiger partial charge in [0.2, 0.25) is 0 Å². The van der Waals surface area contributed by atoms with Gasteiger partial charge in [0.25, 0.3) is 5.56 Å². The lowest BCUT2D eigenvalue weighted by molar-refractivity contribution is 0.156. The molecule has 0 saturated heterocycles. The highest BCUT2D eigenvalue weighted by atomic mass is 16.5. The van der Waals surface area contributed by atoms with Crippen LogP contribution < -0.4 is 10.3 Å². The lowest BCUT2D eigenvalue weighted by Gasteiger charge is -2.31. The minimum absolute atomic E-state index is 0.0588. The van der Waals surface area contributed by atoms with Crippen molar-refractivity contribution in [1.29, 1.82) is 0 Å². The van der Waals surface area contributed by atoms with Crippen LogP contribution in [0.4, 0.5) is 0 Å². The van der Waals surface area contributed by atoms with Gasteiger partial charge in [-0.25, -0.2) is 4.68 Å². The molecule has 0 aliphatic heterocycles. The molecule has 8 heteroatoms. The van der Waals surface area contributed by atoms with E-state index in [2.05, 4.69) is 63.5 Å². The van der Waals surface area contributed by atoms with Crippen molar-refractivity contribution in [2.24, 2.45) is 0 Å². The fourth-order valence-electron chi connectivity index (χ4n) is 5.72. The average molecular weight is 501 g/mol. The smallest absolute Gasteiger partial charge is 0.252 e. The number of aryl methyl sites for hydroxylation is 2. The van der Waals surface area contributed by atoms with Crippen LogP contribution >= 0.6 is 0 Å². The molecule has 4 aromatic rings. The number of hydrogen-bond donors (Lipinski definition) is 1. The Labute approximate surface area is 217 Å². The third-order valence-electron chi connectivity index (χ3n) is 7.77. The van der Waals surface area contributed by atoms with Crippen LogP contribution in [-0.2, 0) is 13.1 Å². The van der Waals surface area contributed by atoms with Crippen LogP contribution in [0.15, 0.2) is 47.3 Å². The maximum Gasteiger partial charge on any atom is 0.252 e. The summed E-state index contributed by atoms with van der Waals surface area (Å²) in [5.74, 6) is 1.70. The van der Waals surface area contributed by atoms with Gasteiger partial charge in [-0.05, 0) is 66.8 Å². The molecule has 0 spiro atoms. The van der Waals surface area contributed by atoms with E-state index >= 15 is 0 Å². The van der Waals surface area contributed by atoms with Gasteiger partial charge in [0.05, 0.1) is 24.7 Å². The van der Waals surface area contributed by atoms with Crippen LogP contribution in [0.3, 0.4) is 0 Å². The summed E-state index contributed by atoms with van der Waals surface area (Å²) >= 11 is 0. The molecular formula is C29H36N6O2. The summed E-state index contributed by atoms with van der Waals surface area (Å²) in [6.45, 7) is 7.34. The quantitative estimate of drug-likeness (QED) is 0.331. The number of aromatic amines is 1. The van der Waals surface area contributed by atoms with Gasteiger partial charge in [-0.2, -0.15) is 0 Å². The molecule has 1 aliphatic carbocycles. The number of nitrogens with zero attached hydrogens (tertiary/aromatic N) is 5. The summed E-state index contributed by atoms with van der Waals surface area (Å²) in [5, 5.41) is 14.1. The first kappa shape index (κ1) is 25.1. The van der Waals surface area contributed by atoms with E-state index in [4.69, 9.17) is 4.74 Å². The number of ether oxygens (including phenoxy) is 1. The lowest BCUT2D eigenvalue weighted by atomic mass is 10.0. The van der Waals surface area contributed by atoms with Gasteiger partial charge in [-0.1, -0.05) is 50.1 Å². The Kier molecular flexibility index (Phi) is 7.37. The number of nitrogens with one attached hydrogen (secondary N) is 1. The molecule has 2 aromatic carbocycles. The number of para-hydroxylation sites is 1. The maximum atomic E-state index is 13.3. The highest BCUT2D eigenvalue weighted by Crippen LogP contribution is 2.34. The molecule has 194 valence electrons. The Balaban J connectivity index is 1.58. The van der Waals surface area contributed by atoms with E-state index in [0.717, 1.165) is 64.0 Å². The van der Waals surface area contributed by atoms with Crippen LogP contribution in [0.5, 0.6) is 5.75 Å². The highest BCUT2D eigenvalue weighted by Gasteiger charge is 2.30. The first-order chi connectivity index (χ1) is 18.0. The Morgan fingerprint density at radius 3 is 2.57 bits per heavy atom. The summed E-state index contributed by atoms with van der Waals surface area (Å²) in [4.78, 5) is 18.8. The number of rotatable bonds is 9. The molecular weight excluding hydrogens is 464 g/mol. The standard InChI is InChI=1S/C29H36N6O2/c1-5-25(28-31-32-33-35(28)23-11-7-8-12-23)34(17-21-10-6-9-13-26(21)37-4)18-22-16-24-19(2)14-15-20(3)27(24)30-29(22)36/h6,9-10,13-16,23,25H,5,7-8,11-12,17-18H2,1-4H3,(H,30,36)/t25-/m0/s1.